The van der Waals surface area contributed by atoms with E-state index in [9.17, 15) is 9.59 Å². The average Bonchev–Trinajstić information content (AvgIpc) is 2.73. The molecular formula is C22H25ClN4O3. The first-order valence-corrected chi connectivity index (χ1v) is 10.3. The molecule has 2 aromatic carbocycles. The molecule has 0 bridgehead atoms. The zero-order valence-corrected chi connectivity index (χ0v) is 18.0. The van der Waals surface area contributed by atoms with Crippen molar-refractivity contribution in [3.8, 4) is 5.75 Å². The molecule has 1 spiro atoms. The standard InChI is InChI=1S/C22H25ClN4O3/c1-14-4-7-19(30-3)17(12-14)24-21(29)27-10-8-22(9-11-27)25-20(28)16-6-5-15(23)13-18(16)26(22)2/h4-7,12-13H,8-11H2,1-3H3,(H,24,29)(H,25,28). The van der Waals surface area contributed by atoms with Crippen molar-refractivity contribution in [2.45, 2.75) is 25.4 Å². The zero-order chi connectivity index (χ0) is 21.5. The zero-order valence-electron chi connectivity index (χ0n) is 17.3. The van der Waals surface area contributed by atoms with Gasteiger partial charge in [-0.05, 0) is 42.8 Å². The number of halogens is 1. The van der Waals surface area contributed by atoms with Crippen LogP contribution in [-0.4, -0.2) is 49.7 Å². The van der Waals surface area contributed by atoms with E-state index in [-0.39, 0.29) is 11.9 Å². The molecule has 0 atom stereocenters. The van der Waals surface area contributed by atoms with E-state index in [1.807, 2.05) is 38.2 Å². The number of urea groups is 1. The molecule has 8 heteroatoms. The van der Waals surface area contributed by atoms with Crippen LogP contribution in [0.5, 0.6) is 5.75 Å². The Hall–Kier alpha value is -2.93. The van der Waals surface area contributed by atoms with Crippen LogP contribution in [-0.2, 0) is 0 Å². The fraction of sp³-hybridized carbons (Fsp3) is 0.364. The Morgan fingerprint density at radius 1 is 1.20 bits per heavy atom. The van der Waals surface area contributed by atoms with E-state index in [4.69, 9.17) is 16.3 Å². The van der Waals surface area contributed by atoms with Gasteiger partial charge in [0.05, 0.1) is 24.0 Å². The van der Waals surface area contributed by atoms with E-state index < -0.39 is 5.66 Å². The van der Waals surface area contributed by atoms with Gasteiger partial charge in [0, 0.05) is 38.0 Å². The van der Waals surface area contributed by atoms with Crippen LogP contribution < -0.4 is 20.3 Å². The van der Waals surface area contributed by atoms with Crippen LogP contribution in [0.2, 0.25) is 5.02 Å². The number of piperidine rings is 1. The van der Waals surface area contributed by atoms with Gasteiger partial charge in [0.1, 0.15) is 11.4 Å². The third-order valence-corrected chi connectivity index (χ3v) is 6.26. The largest absolute Gasteiger partial charge is 0.495 e. The summed E-state index contributed by atoms with van der Waals surface area (Å²) in [5.41, 5.74) is 2.57. The summed E-state index contributed by atoms with van der Waals surface area (Å²) in [5, 5.41) is 6.70. The lowest BCUT2D eigenvalue weighted by molar-refractivity contribution is 0.0815. The molecule has 3 amide bonds. The van der Waals surface area contributed by atoms with Crippen LogP contribution in [0.15, 0.2) is 36.4 Å². The Bertz CT molecular complexity index is 1000. The number of methoxy groups -OCH3 is 1. The summed E-state index contributed by atoms with van der Waals surface area (Å²) in [5.74, 6) is 0.511. The number of hydrogen-bond donors (Lipinski definition) is 2. The van der Waals surface area contributed by atoms with E-state index in [1.54, 1.807) is 24.1 Å². The van der Waals surface area contributed by atoms with E-state index in [0.29, 0.717) is 48.0 Å². The number of hydrogen-bond acceptors (Lipinski definition) is 4. The highest BCUT2D eigenvalue weighted by atomic mass is 35.5. The molecule has 0 aliphatic carbocycles. The number of aryl methyl sites for hydroxylation is 1. The Labute approximate surface area is 180 Å². The number of carbonyl (C=O) groups is 2. The predicted molar refractivity (Wildman–Crippen MR) is 118 cm³/mol. The van der Waals surface area contributed by atoms with Crippen molar-refractivity contribution < 1.29 is 14.3 Å². The minimum absolute atomic E-state index is 0.109. The summed E-state index contributed by atoms with van der Waals surface area (Å²) >= 11 is 6.16. The Kier molecular flexibility index (Phi) is 5.24. The highest BCUT2D eigenvalue weighted by molar-refractivity contribution is 6.31. The Morgan fingerprint density at radius 3 is 2.63 bits per heavy atom. The Balaban J connectivity index is 1.48. The van der Waals surface area contributed by atoms with Crippen molar-refractivity contribution in [1.29, 1.82) is 0 Å². The monoisotopic (exact) mass is 428 g/mol. The third-order valence-electron chi connectivity index (χ3n) is 6.03. The van der Waals surface area contributed by atoms with Crippen molar-refractivity contribution in [1.82, 2.24) is 10.2 Å². The van der Waals surface area contributed by atoms with Crippen molar-refractivity contribution in [3.05, 3.63) is 52.5 Å². The van der Waals surface area contributed by atoms with Crippen molar-refractivity contribution >= 4 is 34.9 Å². The summed E-state index contributed by atoms with van der Waals surface area (Å²) in [6.45, 7) is 2.99. The highest BCUT2D eigenvalue weighted by Crippen LogP contribution is 2.37. The number of carbonyl (C=O) groups excluding carboxylic acids is 2. The molecule has 30 heavy (non-hydrogen) atoms. The second-order valence-electron chi connectivity index (χ2n) is 7.83. The van der Waals surface area contributed by atoms with Crippen molar-refractivity contribution in [2.75, 3.05) is 37.5 Å². The smallest absolute Gasteiger partial charge is 0.321 e. The second kappa shape index (κ2) is 7.72. The first-order valence-electron chi connectivity index (χ1n) is 9.89. The summed E-state index contributed by atoms with van der Waals surface area (Å²) in [6.07, 6.45) is 1.22. The number of anilines is 2. The number of benzene rings is 2. The third kappa shape index (κ3) is 3.54. The van der Waals surface area contributed by atoms with Crippen LogP contribution in [0.3, 0.4) is 0 Å². The Morgan fingerprint density at radius 2 is 1.93 bits per heavy atom. The van der Waals surface area contributed by atoms with E-state index in [0.717, 1.165) is 11.3 Å². The lowest BCUT2D eigenvalue weighted by atomic mass is 9.90. The molecule has 1 fully saturated rings. The normalized spacial score (nSPS) is 17.4. The molecule has 1 saturated heterocycles. The molecular weight excluding hydrogens is 404 g/mol. The molecule has 4 rings (SSSR count). The predicted octanol–water partition coefficient (Wildman–Crippen LogP) is 3.86. The number of rotatable bonds is 2. The van der Waals surface area contributed by atoms with Crippen LogP contribution in [0.4, 0.5) is 16.2 Å². The number of amides is 3. The number of likely N-dealkylation sites (tertiary alicyclic amines) is 1. The van der Waals surface area contributed by atoms with E-state index in [1.165, 1.54) is 0 Å². The number of nitrogens with one attached hydrogen (secondary N) is 2. The van der Waals surface area contributed by atoms with Gasteiger partial charge < -0.3 is 25.2 Å². The first-order chi connectivity index (χ1) is 14.3. The molecule has 158 valence electrons. The van der Waals surface area contributed by atoms with Gasteiger partial charge in [0.2, 0.25) is 0 Å². The minimum atomic E-state index is -0.535. The molecule has 2 aliphatic rings. The topological polar surface area (TPSA) is 73.9 Å². The second-order valence-corrected chi connectivity index (χ2v) is 8.26. The molecule has 7 nitrogen and oxygen atoms in total. The van der Waals surface area contributed by atoms with Crippen LogP contribution in [0.1, 0.15) is 28.8 Å². The summed E-state index contributed by atoms with van der Waals surface area (Å²) in [7, 11) is 3.54. The maximum atomic E-state index is 12.8. The fourth-order valence-electron chi connectivity index (χ4n) is 4.22. The molecule has 2 aliphatic heterocycles. The minimum Gasteiger partial charge on any atom is -0.495 e. The van der Waals surface area contributed by atoms with Crippen LogP contribution in [0.25, 0.3) is 0 Å². The molecule has 2 N–H and O–H groups in total. The SMILES string of the molecule is COc1ccc(C)cc1NC(=O)N1CCC2(CC1)NC(=O)c1ccc(Cl)cc1N2C. The maximum absolute atomic E-state index is 12.8. The van der Waals surface area contributed by atoms with Gasteiger partial charge in [-0.3, -0.25) is 4.79 Å². The van der Waals surface area contributed by atoms with E-state index >= 15 is 0 Å². The number of ether oxygens (including phenoxy) is 1. The average molecular weight is 429 g/mol. The lowest BCUT2D eigenvalue weighted by Gasteiger charge is -2.51. The molecule has 0 radical (unpaired) electrons. The van der Waals surface area contributed by atoms with Gasteiger partial charge in [-0.25, -0.2) is 4.79 Å². The van der Waals surface area contributed by atoms with Gasteiger partial charge >= 0.3 is 6.03 Å². The quantitative estimate of drug-likeness (QED) is 0.761. The maximum Gasteiger partial charge on any atom is 0.321 e. The summed E-state index contributed by atoms with van der Waals surface area (Å²) in [4.78, 5) is 29.4. The molecule has 0 unspecified atom stereocenters. The van der Waals surface area contributed by atoms with Gasteiger partial charge in [-0.2, -0.15) is 0 Å². The summed E-state index contributed by atoms with van der Waals surface area (Å²) in [6, 6.07) is 10.8. The molecule has 2 aromatic rings. The van der Waals surface area contributed by atoms with Crippen molar-refractivity contribution in [3.63, 3.8) is 0 Å². The van der Waals surface area contributed by atoms with Crippen LogP contribution >= 0.6 is 11.6 Å². The summed E-state index contributed by atoms with van der Waals surface area (Å²) < 4.78 is 5.35. The van der Waals surface area contributed by atoms with Gasteiger partial charge in [-0.1, -0.05) is 17.7 Å². The molecule has 2 heterocycles. The number of fused-ring (bicyclic) bond motifs is 1. The molecule has 0 aromatic heterocycles. The molecule has 0 saturated carbocycles. The van der Waals surface area contributed by atoms with Crippen molar-refractivity contribution in [2.24, 2.45) is 0 Å². The van der Waals surface area contributed by atoms with Crippen LogP contribution in [0, 0.1) is 6.92 Å². The van der Waals surface area contributed by atoms with Gasteiger partial charge in [-0.15, -0.1) is 0 Å². The first kappa shape index (κ1) is 20.3. The number of nitrogens with zero attached hydrogens (tertiary/aromatic N) is 2. The fourth-order valence-corrected chi connectivity index (χ4v) is 4.39. The van der Waals surface area contributed by atoms with Gasteiger partial charge in [0.25, 0.3) is 5.91 Å². The van der Waals surface area contributed by atoms with E-state index in [2.05, 4.69) is 15.5 Å². The highest BCUT2D eigenvalue weighted by Gasteiger charge is 2.44. The lowest BCUT2D eigenvalue weighted by Crippen LogP contribution is -2.67. The van der Waals surface area contributed by atoms with Gasteiger partial charge in [0.15, 0.2) is 0 Å².